The molecule has 1 saturated carbocycles. The van der Waals surface area contributed by atoms with Crippen molar-refractivity contribution in [3.05, 3.63) is 34.9 Å². The van der Waals surface area contributed by atoms with E-state index < -0.39 is 23.1 Å². The summed E-state index contributed by atoms with van der Waals surface area (Å²) < 4.78 is 38.2. The third kappa shape index (κ3) is 3.37. The lowest BCUT2D eigenvalue weighted by molar-refractivity contribution is -0.140. The van der Waals surface area contributed by atoms with Gasteiger partial charge in [0.1, 0.15) is 11.7 Å². The molecule has 0 heterocycles. The maximum Gasteiger partial charge on any atom is 0.416 e. The Morgan fingerprint density at radius 2 is 1.87 bits per heavy atom. The molecule has 0 aliphatic heterocycles. The second-order valence-corrected chi connectivity index (χ2v) is 6.98. The van der Waals surface area contributed by atoms with Gasteiger partial charge in [0.15, 0.2) is 5.78 Å². The van der Waals surface area contributed by atoms with Crippen molar-refractivity contribution in [2.24, 2.45) is 11.3 Å². The molecule has 124 valence electrons. The van der Waals surface area contributed by atoms with Gasteiger partial charge in [-0.25, -0.2) is 0 Å². The number of hydrogen-bond acceptors (Lipinski definition) is 3. The number of rotatable bonds is 2. The molecule has 23 heavy (non-hydrogen) atoms. The molecule has 6 heteroatoms. The first-order valence-electron chi connectivity index (χ1n) is 7.24. The Morgan fingerprint density at radius 1 is 1.26 bits per heavy atom. The lowest BCUT2D eigenvalue weighted by Gasteiger charge is -2.33. The number of hydrogen-bond donors (Lipinski definition) is 0. The largest absolute Gasteiger partial charge is 0.416 e. The number of ketones is 2. The Labute approximate surface area is 138 Å². The molecule has 1 aromatic rings. The zero-order chi connectivity index (χ0) is 17.6. The molecule has 0 spiro atoms. The van der Waals surface area contributed by atoms with E-state index in [0.717, 1.165) is 12.1 Å². The lowest BCUT2D eigenvalue weighted by atomic mass is 9.68. The highest BCUT2D eigenvalue weighted by Gasteiger charge is 2.44. The third-order valence-corrected chi connectivity index (χ3v) is 4.78. The van der Waals surface area contributed by atoms with Gasteiger partial charge in [-0.2, -0.15) is 13.2 Å². The first-order chi connectivity index (χ1) is 10.4. The van der Waals surface area contributed by atoms with Gasteiger partial charge in [-0.1, -0.05) is 32.1 Å². The summed E-state index contributed by atoms with van der Waals surface area (Å²) >= 11 is 5.30. The highest BCUT2D eigenvalue weighted by atomic mass is 32.1. The minimum atomic E-state index is -4.44. The Balaban J connectivity index is 2.40. The van der Waals surface area contributed by atoms with Crippen LogP contribution in [0.1, 0.15) is 43.4 Å². The van der Waals surface area contributed by atoms with Crippen molar-refractivity contribution in [1.29, 1.82) is 0 Å². The highest BCUT2D eigenvalue weighted by molar-refractivity contribution is 7.81. The van der Waals surface area contributed by atoms with E-state index in [0.29, 0.717) is 17.5 Å². The zero-order valence-corrected chi connectivity index (χ0v) is 13.9. The molecule has 0 amide bonds. The lowest BCUT2D eigenvalue weighted by Crippen LogP contribution is -2.44. The average Bonchev–Trinajstić information content (AvgIpc) is 2.42. The van der Waals surface area contributed by atoms with Crippen molar-refractivity contribution >= 4 is 28.6 Å². The smallest absolute Gasteiger partial charge is 0.298 e. The number of benzene rings is 1. The molecule has 2 rings (SSSR count). The summed E-state index contributed by atoms with van der Waals surface area (Å²) in [5.74, 6) is -1.54. The zero-order valence-electron chi connectivity index (χ0n) is 13.1. The first-order valence-corrected chi connectivity index (χ1v) is 7.65. The minimum Gasteiger partial charge on any atom is -0.298 e. The molecule has 2 nitrogen and oxygen atoms in total. The van der Waals surface area contributed by atoms with Crippen LogP contribution in [-0.4, -0.2) is 16.4 Å². The van der Waals surface area contributed by atoms with E-state index in [9.17, 15) is 22.8 Å². The van der Waals surface area contributed by atoms with E-state index in [1.54, 1.807) is 13.8 Å². The molecule has 0 N–H and O–H groups in total. The quantitative estimate of drug-likeness (QED) is 0.456. The molecule has 0 radical (unpaired) electrons. The van der Waals surface area contributed by atoms with Gasteiger partial charge in [-0.05, 0) is 36.6 Å². The second-order valence-electron chi connectivity index (χ2n) is 6.54. The van der Waals surface area contributed by atoms with E-state index in [4.69, 9.17) is 12.2 Å². The molecule has 0 saturated heterocycles. The van der Waals surface area contributed by atoms with Gasteiger partial charge in [0.05, 0.1) is 5.56 Å². The van der Waals surface area contributed by atoms with E-state index in [1.165, 1.54) is 13.0 Å². The Bertz CT molecular complexity index is 690. The first kappa shape index (κ1) is 17.8. The summed E-state index contributed by atoms with van der Waals surface area (Å²) in [4.78, 5) is 24.8. The van der Waals surface area contributed by atoms with Gasteiger partial charge in [0.25, 0.3) is 0 Å². The normalized spacial score (nSPS) is 21.4. The van der Waals surface area contributed by atoms with E-state index in [1.807, 2.05) is 0 Å². The molecule has 1 fully saturated rings. The summed E-state index contributed by atoms with van der Waals surface area (Å²) in [6.45, 7) is 5.02. The van der Waals surface area contributed by atoms with Gasteiger partial charge < -0.3 is 0 Å². The van der Waals surface area contributed by atoms with Crippen LogP contribution < -0.4 is 0 Å². The van der Waals surface area contributed by atoms with Gasteiger partial charge >= 0.3 is 6.18 Å². The van der Waals surface area contributed by atoms with Crippen molar-refractivity contribution in [1.82, 2.24) is 0 Å². The topological polar surface area (TPSA) is 34.1 Å². The maximum absolute atomic E-state index is 12.7. The van der Waals surface area contributed by atoms with Crippen LogP contribution in [0.3, 0.4) is 0 Å². The van der Waals surface area contributed by atoms with Gasteiger partial charge in [0.2, 0.25) is 0 Å². The number of halogens is 3. The Kier molecular flexibility index (Phi) is 4.50. The Morgan fingerprint density at radius 3 is 2.39 bits per heavy atom. The molecule has 1 aromatic carbocycles. The van der Waals surface area contributed by atoms with Crippen LogP contribution in [0.15, 0.2) is 18.2 Å². The predicted octanol–water partition coefficient (Wildman–Crippen LogP) is 4.31. The number of aryl methyl sites for hydroxylation is 1. The molecule has 1 atom stereocenters. The van der Waals surface area contributed by atoms with Crippen LogP contribution >= 0.6 is 12.2 Å². The van der Waals surface area contributed by atoms with Gasteiger partial charge in [-0.3, -0.25) is 9.59 Å². The molecule has 1 aliphatic carbocycles. The van der Waals surface area contributed by atoms with Crippen LogP contribution in [0.2, 0.25) is 0 Å². The number of carbonyl (C=O) groups excluding carboxylic acids is 2. The fraction of sp³-hybridized carbons (Fsp3) is 0.471. The average molecular weight is 342 g/mol. The summed E-state index contributed by atoms with van der Waals surface area (Å²) in [6, 6.07) is 3.17. The summed E-state index contributed by atoms with van der Waals surface area (Å²) in [5.41, 5.74) is -0.753. The van der Waals surface area contributed by atoms with E-state index in [-0.39, 0.29) is 22.9 Å². The highest BCUT2D eigenvalue weighted by Crippen LogP contribution is 2.36. The summed E-state index contributed by atoms with van der Waals surface area (Å²) in [5, 5.41) is 0. The van der Waals surface area contributed by atoms with E-state index in [2.05, 4.69) is 0 Å². The third-order valence-electron chi connectivity index (χ3n) is 4.33. The monoisotopic (exact) mass is 342 g/mol. The van der Waals surface area contributed by atoms with Crippen molar-refractivity contribution in [2.45, 2.75) is 39.8 Å². The van der Waals surface area contributed by atoms with E-state index >= 15 is 0 Å². The van der Waals surface area contributed by atoms with Crippen molar-refractivity contribution in [2.75, 3.05) is 0 Å². The number of thiocarbonyl (C=S) groups is 1. The standard InChI is InChI=1S/C17H17F3O2S/c1-9-8-10(17(18,19)20)4-5-11(9)14(23)13-12(21)6-7-16(2,3)15(13)22/h4-5,8,13H,6-7H2,1-3H3. The minimum absolute atomic E-state index is 0.124. The fourth-order valence-electron chi connectivity index (χ4n) is 2.78. The summed E-state index contributed by atoms with van der Waals surface area (Å²) in [6.07, 6.45) is -3.72. The number of carbonyl (C=O) groups is 2. The predicted molar refractivity (Wildman–Crippen MR) is 84.4 cm³/mol. The second kappa shape index (κ2) is 5.82. The molecule has 0 aromatic heterocycles. The number of Topliss-reactive ketones (excluding diaryl/α,β-unsaturated/α-hetero) is 2. The fourth-order valence-corrected chi connectivity index (χ4v) is 3.24. The van der Waals surface area contributed by atoms with Crippen LogP contribution in [0.5, 0.6) is 0 Å². The summed E-state index contributed by atoms with van der Waals surface area (Å²) in [7, 11) is 0. The van der Waals surface area contributed by atoms with Crippen molar-refractivity contribution < 1.29 is 22.8 Å². The molecule has 1 unspecified atom stereocenters. The van der Waals surface area contributed by atoms with Crippen LogP contribution in [0.25, 0.3) is 0 Å². The van der Waals surface area contributed by atoms with Crippen LogP contribution in [0, 0.1) is 18.3 Å². The molecule has 1 aliphatic rings. The molecular formula is C17H17F3O2S. The Hall–Kier alpha value is -1.56. The van der Waals surface area contributed by atoms with Crippen LogP contribution in [0.4, 0.5) is 13.2 Å². The molecular weight excluding hydrogens is 325 g/mol. The van der Waals surface area contributed by atoms with Crippen molar-refractivity contribution in [3.63, 3.8) is 0 Å². The maximum atomic E-state index is 12.7. The number of alkyl halides is 3. The van der Waals surface area contributed by atoms with Gasteiger partial charge in [0, 0.05) is 16.7 Å². The van der Waals surface area contributed by atoms with Gasteiger partial charge in [-0.15, -0.1) is 0 Å². The van der Waals surface area contributed by atoms with Crippen molar-refractivity contribution in [3.8, 4) is 0 Å². The SMILES string of the molecule is Cc1cc(C(F)(F)F)ccc1C(=S)C1C(=O)CCC(C)(C)C1=O. The molecule has 0 bridgehead atoms. The van der Waals surface area contributed by atoms with Crippen LogP contribution in [-0.2, 0) is 15.8 Å².